The van der Waals surface area contributed by atoms with Crippen molar-refractivity contribution in [3.63, 3.8) is 0 Å². The van der Waals surface area contributed by atoms with Gasteiger partial charge in [0.1, 0.15) is 27.7 Å². The van der Waals surface area contributed by atoms with Gasteiger partial charge in [-0.25, -0.2) is 8.78 Å². The molecule has 0 unspecified atom stereocenters. The van der Waals surface area contributed by atoms with E-state index in [0.717, 1.165) is 15.8 Å². The number of carbonyl (C=O) groups excluding carboxylic acids is 2. The summed E-state index contributed by atoms with van der Waals surface area (Å²) in [4.78, 5) is 29.5. The van der Waals surface area contributed by atoms with Gasteiger partial charge in [0.25, 0.3) is 5.91 Å². The first-order valence-corrected chi connectivity index (χ1v) is 10.9. The molecule has 0 saturated heterocycles. The number of nitrogens with zero attached hydrogens (tertiary/aromatic N) is 2. The molecular weight excluding hydrogens is 432 g/mol. The zero-order valence-electron chi connectivity index (χ0n) is 17.1. The van der Waals surface area contributed by atoms with Gasteiger partial charge < -0.3 is 9.88 Å². The molecule has 1 atom stereocenters. The van der Waals surface area contributed by atoms with Crippen LogP contribution < -0.4 is 10.2 Å². The van der Waals surface area contributed by atoms with Crippen molar-refractivity contribution >= 4 is 39.1 Å². The average Bonchev–Trinajstić information content (AvgIpc) is 3.37. The van der Waals surface area contributed by atoms with Crippen LogP contribution in [0, 0.1) is 11.6 Å². The van der Waals surface area contributed by atoms with Gasteiger partial charge in [0.05, 0.1) is 6.54 Å². The van der Waals surface area contributed by atoms with E-state index in [-0.39, 0.29) is 30.7 Å². The Balaban J connectivity index is 1.55. The molecule has 0 bridgehead atoms. The minimum Gasteiger partial charge on any atom is -0.350 e. The molecule has 32 heavy (non-hydrogen) atoms. The SMILES string of the molecule is C[C@]1(C(=O)NCc2ccc(F)cc2)Cn2c(cc3ccsc32)C(=O)N1c1ccc(F)cc1. The Bertz CT molecular complexity index is 1330. The molecule has 8 heteroatoms. The van der Waals surface area contributed by atoms with Gasteiger partial charge in [0.2, 0.25) is 5.91 Å². The average molecular weight is 451 g/mol. The fraction of sp³-hybridized carbons (Fsp3) is 0.167. The Morgan fingerprint density at radius 1 is 1.06 bits per heavy atom. The Morgan fingerprint density at radius 3 is 2.41 bits per heavy atom. The fourth-order valence-electron chi connectivity index (χ4n) is 4.17. The molecule has 1 aliphatic heterocycles. The molecule has 0 fully saturated rings. The fourth-order valence-corrected chi connectivity index (χ4v) is 5.06. The van der Waals surface area contributed by atoms with Crippen LogP contribution in [-0.4, -0.2) is 21.9 Å². The van der Waals surface area contributed by atoms with Crippen molar-refractivity contribution in [3.05, 3.63) is 88.9 Å². The highest BCUT2D eigenvalue weighted by Gasteiger charge is 2.48. The largest absolute Gasteiger partial charge is 0.350 e. The molecule has 1 N–H and O–H groups in total. The number of halogens is 2. The lowest BCUT2D eigenvalue weighted by molar-refractivity contribution is -0.126. The number of amides is 2. The molecule has 5 nitrogen and oxygen atoms in total. The summed E-state index contributed by atoms with van der Waals surface area (Å²) in [6.45, 7) is 2.13. The second kappa shape index (κ2) is 7.56. The Labute approximate surface area is 186 Å². The molecule has 2 amide bonds. The first-order chi connectivity index (χ1) is 15.4. The van der Waals surface area contributed by atoms with E-state index in [2.05, 4.69) is 5.32 Å². The topological polar surface area (TPSA) is 54.3 Å². The summed E-state index contributed by atoms with van der Waals surface area (Å²) < 4.78 is 28.6. The van der Waals surface area contributed by atoms with Gasteiger partial charge in [0, 0.05) is 17.6 Å². The van der Waals surface area contributed by atoms with E-state index in [1.165, 1.54) is 52.6 Å². The van der Waals surface area contributed by atoms with Gasteiger partial charge in [-0.2, -0.15) is 0 Å². The molecule has 2 aromatic carbocycles. The number of nitrogens with one attached hydrogen (secondary N) is 1. The minimum absolute atomic E-state index is 0.188. The number of hydrogen-bond donors (Lipinski definition) is 1. The van der Waals surface area contributed by atoms with E-state index in [9.17, 15) is 18.4 Å². The smallest absolute Gasteiger partial charge is 0.275 e. The summed E-state index contributed by atoms with van der Waals surface area (Å²) >= 11 is 1.51. The molecule has 4 aromatic rings. The van der Waals surface area contributed by atoms with Gasteiger partial charge in [0.15, 0.2) is 0 Å². The van der Waals surface area contributed by atoms with Crippen LogP contribution in [-0.2, 0) is 17.9 Å². The third-order valence-corrected chi connectivity index (χ3v) is 6.78. The maximum atomic E-state index is 13.6. The number of rotatable bonds is 4. The number of aromatic nitrogens is 1. The maximum Gasteiger partial charge on any atom is 0.275 e. The monoisotopic (exact) mass is 451 g/mol. The van der Waals surface area contributed by atoms with Crippen molar-refractivity contribution in [3.8, 4) is 0 Å². The summed E-state index contributed by atoms with van der Waals surface area (Å²) in [5.41, 5.74) is 0.394. The summed E-state index contributed by atoms with van der Waals surface area (Å²) in [5.74, 6) is -1.47. The van der Waals surface area contributed by atoms with Gasteiger partial charge in [-0.15, -0.1) is 11.3 Å². The normalized spacial score (nSPS) is 18.1. The molecule has 162 valence electrons. The molecule has 3 heterocycles. The predicted octanol–water partition coefficient (Wildman–Crippen LogP) is 4.72. The lowest BCUT2D eigenvalue weighted by Crippen LogP contribution is -2.64. The number of hydrogen-bond acceptors (Lipinski definition) is 3. The third-order valence-electron chi connectivity index (χ3n) is 5.82. The highest BCUT2D eigenvalue weighted by Crippen LogP contribution is 2.37. The van der Waals surface area contributed by atoms with Crippen LogP contribution in [0.1, 0.15) is 23.0 Å². The van der Waals surface area contributed by atoms with Crippen LogP contribution in [0.25, 0.3) is 10.2 Å². The lowest BCUT2D eigenvalue weighted by atomic mass is 9.93. The van der Waals surface area contributed by atoms with Gasteiger partial charge >= 0.3 is 0 Å². The third kappa shape index (κ3) is 3.27. The van der Waals surface area contributed by atoms with Crippen LogP contribution in [0.5, 0.6) is 0 Å². The first kappa shape index (κ1) is 20.4. The number of thiophene rings is 1. The molecule has 5 rings (SSSR count). The molecule has 0 spiro atoms. The molecule has 0 radical (unpaired) electrons. The number of benzene rings is 2. The molecule has 0 saturated carbocycles. The lowest BCUT2D eigenvalue weighted by Gasteiger charge is -2.44. The van der Waals surface area contributed by atoms with Crippen LogP contribution in [0.4, 0.5) is 14.5 Å². The molecule has 1 aliphatic rings. The van der Waals surface area contributed by atoms with E-state index in [1.54, 1.807) is 19.1 Å². The molecule has 2 aromatic heterocycles. The molecule has 0 aliphatic carbocycles. The zero-order chi connectivity index (χ0) is 22.5. The summed E-state index contributed by atoms with van der Waals surface area (Å²) in [6.07, 6.45) is 0. The van der Waals surface area contributed by atoms with Gasteiger partial charge in [-0.3, -0.25) is 14.5 Å². The van der Waals surface area contributed by atoms with Crippen molar-refractivity contribution in [1.29, 1.82) is 0 Å². The summed E-state index contributed by atoms with van der Waals surface area (Å²) in [7, 11) is 0. The van der Waals surface area contributed by atoms with Crippen LogP contribution in [0.2, 0.25) is 0 Å². The maximum absolute atomic E-state index is 13.6. The summed E-state index contributed by atoms with van der Waals surface area (Å²) in [6, 6.07) is 15.2. The highest BCUT2D eigenvalue weighted by molar-refractivity contribution is 7.16. The Hall–Kier alpha value is -3.52. The van der Waals surface area contributed by atoms with E-state index in [0.29, 0.717) is 11.4 Å². The van der Waals surface area contributed by atoms with Crippen LogP contribution in [0.3, 0.4) is 0 Å². The standard InChI is InChI=1S/C24H19F2N3O2S/c1-24(23(31)27-13-15-2-4-17(25)5-3-15)14-28-20(12-16-10-11-32-22(16)28)21(30)29(24)19-8-6-18(26)7-9-19/h2-12H,13-14H2,1H3,(H,27,31)/t24-/m1/s1. The number of carbonyl (C=O) groups is 2. The van der Waals surface area contributed by atoms with E-state index in [1.807, 2.05) is 22.1 Å². The molecular formula is C24H19F2N3O2S. The van der Waals surface area contributed by atoms with Crippen molar-refractivity contribution in [2.24, 2.45) is 0 Å². The second-order valence-corrected chi connectivity index (χ2v) is 8.89. The van der Waals surface area contributed by atoms with E-state index >= 15 is 0 Å². The number of anilines is 1. The van der Waals surface area contributed by atoms with Gasteiger partial charge in [-0.1, -0.05) is 12.1 Å². The Kier molecular flexibility index (Phi) is 4.82. The quantitative estimate of drug-likeness (QED) is 0.488. The van der Waals surface area contributed by atoms with E-state index in [4.69, 9.17) is 0 Å². The predicted molar refractivity (Wildman–Crippen MR) is 120 cm³/mol. The van der Waals surface area contributed by atoms with Crippen LogP contribution in [0.15, 0.2) is 66.0 Å². The van der Waals surface area contributed by atoms with Crippen molar-refractivity contribution in [1.82, 2.24) is 9.88 Å². The second-order valence-electron chi connectivity index (χ2n) is 8.00. The van der Waals surface area contributed by atoms with Crippen molar-refractivity contribution in [2.75, 3.05) is 4.90 Å². The van der Waals surface area contributed by atoms with Crippen molar-refractivity contribution < 1.29 is 18.4 Å². The Morgan fingerprint density at radius 2 is 1.72 bits per heavy atom. The summed E-state index contributed by atoms with van der Waals surface area (Å²) in [5, 5.41) is 5.77. The van der Waals surface area contributed by atoms with E-state index < -0.39 is 11.4 Å². The zero-order valence-corrected chi connectivity index (χ0v) is 18.0. The first-order valence-electron chi connectivity index (χ1n) is 10.1. The van der Waals surface area contributed by atoms with Gasteiger partial charge in [-0.05, 0) is 66.4 Å². The van der Waals surface area contributed by atoms with Crippen LogP contribution >= 0.6 is 11.3 Å². The number of fused-ring (bicyclic) bond motifs is 3. The highest BCUT2D eigenvalue weighted by atomic mass is 32.1. The van der Waals surface area contributed by atoms with Crippen molar-refractivity contribution in [2.45, 2.75) is 25.6 Å². The minimum atomic E-state index is -1.27.